The highest BCUT2D eigenvalue weighted by atomic mass is 32.2. The van der Waals surface area contributed by atoms with Crippen molar-refractivity contribution in [2.45, 2.75) is 44.3 Å². The maximum absolute atomic E-state index is 13.1. The smallest absolute Gasteiger partial charge is 0.369 e. The number of thioether (sulfide) groups is 1. The summed E-state index contributed by atoms with van der Waals surface area (Å²) in [5, 5.41) is 9.59. The Bertz CT molecular complexity index is 973. The second-order valence-electron chi connectivity index (χ2n) is 9.08. The fourth-order valence-electron chi connectivity index (χ4n) is 4.87. The molecule has 0 aliphatic carbocycles. The SMILES string of the molecule is CCc1cc(CN2CC3(CCSC3)C2)ccc1-c1ccc(C(O)(C(F)(F)F)C(F)(F)F)cc1. The number of hydrogen-bond donors (Lipinski definition) is 1. The summed E-state index contributed by atoms with van der Waals surface area (Å²) in [5.41, 5.74) is -2.35. The first kappa shape index (κ1) is 24.4. The molecule has 9 heteroatoms. The van der Waals surface area contributed by atoms with E-state index in [9.17, 15) is 31.4 Å². The molecule has 0 bridgehead atoms. The molecule has 2 heterocycles. The monoisotopic (exact) mass is 489 g/mol. The Kier molecular flexibility index (Phi) is 6.29. The van der Waals surface area contributed by atoms with E-state index in [0.717, 1.165) is 36.3 Å². The Hall–Kier alpha value is -1.71. The fraction of sp³-hybridized carbons (Fsp3) is 0.500. The first-order valence-corrected chi connectivity index (χ1v) is 11.9. The standard InChI is InChI=1S/C24H25F6NOS/c1-2-17-11-16(12-31-13-21(14-31)9-10-33-15-21)3-8-20(17)18-4-6-19(7-5-18)22(32,23(25,26)27)24(28,29)30/h3-8,11,32H,2,9-10,12-15H2,1H3. The molecule has 2 saturated heterocycles. The lowest BCUT2D eigenvalue weighted by atomic mass is 9.79. The van der Waals surface area contributed by atoms with Crippen LogP contribution in [0.1, 0.15) is 30.0 Å². The van der Waals surface area contributed by atoms with Crippen molar-refractivity contribution in [2.24, 2.45) is 5.41 Å². The average Bonchev–Trinajstić information content (AvgIpc) is 3.21. The van der Waals surface area contributed by atoms with E-state index >= 15 is 0 Å². The number of halogens is 6. The van der Waals surface area contributed by atoms with E-state index in [1.165, 1.54) is 30.1 Å². The predicted octanol–water partition coefficient (Wildman–Crippen LogP) is 6.17. The molecule has 4 rings (SSSR count). The van der Waals surface area contributed by atoms with Gasteiger partial charge >= 0.3 is 12.4 Å². The van der Waals surface area contributed by atoms with Gasteiger partial charge < -0.3 is 5.11 Å². The number of alkyl halides is 6. The minimum absolute atomic E-state index is 0.467. The molecule has 0 amide bonds. The zero-order chi connectivity index (χ0) is 24.1. The van der Waals surface area contributed by atoms with E-state index in [4.69, 9.17) is 0 Å². The van der Waals surface area contributed by atoms with Crippen LogP contribution in [-0.4, -0.2) is 47.0 Å². The molecule has 2 aliphatic heterocycles. The van der Waals surface area contributed by atoms with Gasteiger partial charge in [0.2, 0.25) is 0 Å². The van der Waals surface area contributed by atoms with Crippen molar-refractivity contribution in [1.82, 2.24) is 4.90 Å². The van der Waals surface area contributed by atoms with Crippen molar-refractivity contribution < 1.29 is 31.4 Å². The van der Waals surface area contributed by atoms with Crippen molar-refractivity contribution >= 4 is 11.8 Å². The van der Waals surface area contributed by atoms with Crippen LogP contribution in [0.4, 0.5) is 26.3 Å². The number of aliphatic hydroxyl groups is 1. The van der Waals surface area contributed by atoms with E-state index in [1.54, 1.807) is 0 Å². The normalized spacial score (nSPS) is 19.2. The lowest BCUT2D eigenvalue weighted by molar-refractivity contribution is -0.376. The molecule has 2 fully saturated rings. The molecular weight excluding hydrogens is 464 g/mol. The second-order valence-corrected chi connectivity index (χ2v) is 10.2. The van der Waals surface area contributed by atoms with Crippen LogP contribution < -0.4 is 0 Å². The molecule has 33 heavy (non-hydrogen) atoms. The van der Waals surface area contributed by atoms with Crippen molar-refractivity contribution in [1.29, 1.82) is 0 Å². The lowest BCUT2D eigenvalue weighted by Gasteiger charge is -2.48. The maximum Gasteiger partial charge on any atom is 0.430 e. The molecule has 1 spiro atoms. The summed E-state index contributed by atoms with van der Waals surface area (Å²) >= 11 is 2.01. The number of rotatable bonds is 5. The molecule has 2 aromatic carbocycles. The summed E-state index contributed by atoms with van der Waals surface area (Å²) in [6, 6.07) is 9.67. The topological polar surface area (TPSA) is 23.5 Å². The van der Waals surface area contributed by atoms with Gasteiger partial charge in [-0.3, -0.25) is 4.90 Å². The number of likely N-dealkylation sites (tertiary alicyclic amines) is 1. The highest BCUT2D eigenvalue weighted by molar-refractivity contribution is 7.99. The van der Waals surface area contributed by atoms with E-state index in [2.05, 4.69) is 11.0 Å². The van der Waals surface area contributed by atoms with Gasteiger partial charge in [0.1, 0.15) is 0 Å². The lowest BCUT2D eigenvalue weighted by Crippen LogP contribution is -2.55. The van der Waals surface area contributed by atoms with Crippen LogP contribution >= 0.6 is 11.8 Å². The molecule has 180 valence electrons. The Morgan fingerprint density at radius 2 is 1.61 bits per heavy atom. The highest BCUT2D eigenvalue weighted by Gasteiger charge is 2.71. The number of benzene rings is 2. The Morgan fingerprint density at radius 3 is 2.12 bits per heavy atom. The summed E-state index contributed by atoms with van der Waals surface area (Å²) in [7, 11) is 0. The summed E-state index contributed by atoms with van der Waals surface area (Å²) in [5.74, 6) is 2.45. The van der Waals surface area contributed by atoms with Gasteiger partial charge in [0.25, 0.3) is 5.60 Å². The summed E-state index contributed by atoms with van der Waals surface area (Å²) in [6.45, 7) is 4.96. The molecule has 0 unspecified atom stereocenters. The molecular formula is C24H25F6NOS. The van der Waals surface area contributed by atoms with Gasteiger partial charge in [0.05, 0.1) is 0 Å². The summed E-state index contributed by atoms with van der Waals surface area (Å²) < 4.78 is 78.8. The van der Waals surface area contributed by atoms with Crippen molar-refractivity contribution in [3.63, 3.8) is 0 Å². The Labute approximate surface area is 193 Å². The first-order chi connectivity index (χ1) is 15.4. The van der Waals surface area contributed by atoms with Gasteiger partial charge in [0, 0.05) is 36.4 Å². The van der Waals surface area contributed by atoms with Gasteiger partial charge in [0.15, 0.2) is 0 Å². The number of nitrogens with zero attached hydrogens (tertiary/aromatic N) is 1. The molecule has 1 N–H and O–H groups in total. The minimum atomic E-state index is -5.89. The third-order valence-electron chi connectivity index (χ3n) is 6.69. The maximum atomic E-state index is 13.1. The largest absolute Gasteiger partial charge is 0.430 e. The fourth-order valence-corrected chi connectivity index (χ4v) is 6.35. The van der Waals surface area contributed by atoms with Crippen LogP contribution in [0.15, 0.2) is 42.5 Å². The molecule has 0 aromatic heterocycles. The summed E-state index contributed by atoms with van der Waals surface area (Å²) in [4.78, 5) is 2.41. The molecule has 0 saturated carbocycles. The van der Waals surface area contributed by atoms with Crippen LogP contribution in [0, 0.1) is 5.41 Å². The third-order valence-corrected chi connectivity index (χ3v) is 8.00. The van der Waals surface area contributed by atoms with Crippen LogP contribution in [0.3, 0.4) is 0 Å². The highest BCUT2D eigenvalue weighted by Crippen LogP contribution is 2.50. The third kappa shape index (κ3) is 4.39. The molecule has 2 aliphatic rings. The van der Waals surface area contributed by atoms with Gasteiger partial charge in [-0.1, -0.05) is 49.4 Å². The number of hydrogen-bond acceptors (Lipinski definition) is 3. The van der Waals surface area contributed by atoms with Gasteiger partial charge in [-0.15, -0.1) is 0 Å². The first-order valence-electron chi connectivity index (χ1n) is 10.8. The molecule has 0 radical (unpaired) electrons. The molecule has 0 atom stereocenters. The van der Waals surface area contributed by atoms with Gasteiger partial charge in [-0.05, 0) is 40.8 Å². The molecule has 2 aromatic rings. The molecule has 2 nitrogen and oxygen atoms in total. The van der Waals surface area contributed by atoms with Crippen LogP contribution in [0.25, 0.3) is 11.1 Å². The zero-order valence-corrected chi connectivity index (χ0v) is 18.9. The quantitative estimate of drug-likeness (QED) is 0.509. The van der Waals surface area contributed by atoms with Gasteiger partial charge in [-0.25, -0.2) is 0 Å². The number of aryl methyl sites for hydroxylation is 1. The van der Waals surface area contributed by atoms with E-state index in [-0.39, 0.29) is 0 Å². The predicted molar refractivity (Wildman–Crippen MR) is 117 cm³/mol. The average molecular weight is 490 g/mol. The van der Waals surface area contributed by atoms with Crippen molar-refractivity contribution in [3.05, 3.63) is 59.2 Å². The zero-order valence-electron chi connectivity index (χ0n) is 18.1. The van der Waals surface area contributed by atoms with Crippen LogP contribution in [0.5, 0.6) is 0 Å². The van der Waals surface area contributed by atoms with E-state index < -0.39 is 23.5 Å². The second kappa shape index (κ2) is 8.50. The van der Waals surface area contributed by atoms with Crippen molar-refractivity contribution in [3.8, 4) is 11.1 Å². The Morgan fingerprint density at radius 1 is 0.970 bits per heavy atom. The van der Waals surface area contributed by atoms with Crippen molar-refractivity contribution in [2.75, 3.05) is 24.6 Å². The van der Waals surface area contributed by atoms with E-state index in [1.807, 2.05) is 30.8 Å². The van der Waals surface area contributed by atoms with Crippen LogP contribution in [0.2, 0.25) is 0 Å². The van der Waals surface area contributed by atoms with Crippen LogP contribution in [-0.2, 0) is 18.6 Å². The Balaban J connectivity index is 1.54. The summed E-state index contributed by atoms with van der Waals surface area (Å²) in [6.07, 6.45) is -9.85. The van der Waals surface area contributed by atoms with E-state index in [0.29, 0.717) is 29.5 Å². The van der Waals surface area contributed by atoms with Gasteiger partial charge in [-0.2, -0.15) is 38.1 Å². The minimum Gasteiger partial charge on any atom is -0.369 e.